The van der Waals surface area contributed by atoms with E-state index in [1.54, 1.807) is 6.20 Å². The van der Waals surface area contributed by atoms with Gasteiger partial charge in [0, 0.05) is 31.5 Å². The van der Waals surface area contributed by atoms with Crippen LogP contribution in [0, 0.1) is 5.92 Å². The lowest BCUT2D eigenvalue weighted by Gasteiger charge is -2.13. The Bertz CT molecular complexity index is 338. The van der Waals surface area contributed by atoms with E-state index in [0.717, 1.165) is 32.4 Å². The van der Waals surface area contributed by atoms with Gasteiger partial charge < -0.3 is 9.88 Å². The van der Waals surface area contributed by atoms with Gasteiger partial charge in [-0.3, -0.25) is 0 Å². The Kier molecular flexibility index (Phi) is 4.34. The molecule has 2 unspecified atom stereocenters. The van der Waals surface area contributed by atoms with Crippen LogP contribution in [0.5, 0.6) is 0 Å². The first-order valence-corrected chi connectivity index (χ1v) is 6.90. The predicted molar refractivity (Wildman–Crippen MR) is 71.5 cm³/mol. The molecule has 0 amide bonds. The van der Waals surface area contributed by atoms with Gasteiger partial charge in [-0.1, -0.05) is 0 Å². The predicted octanol–water partition coefficient (Wildman–Crippen LogP) is 2.84. The average Bonchev–Trinajstić information content (AvgIpc) is 2.67. The highest BCUT2D eigenvalue weighted by molar-refractivity contribution is 6.50. The fraction of sp³-hybridized carbons (Fsp3) is 0.750. The number of halogens is 2. The third-order valence-electron chi connectivity index (χ3n) is 3.33. The Morgan fingerprint density at radius 1 is 1.59 bits per heavy atom. The Hall–Kier alpha value is -0.250. The number of rotatable bonds is 7. The molecule has 0 aliphatic heterocycles. The second-order valence-corrected chi connectivity index (χ2v) is 6.44. The zero-order chi connectivity index (χ0) is 12.3. The van der Waals surface area contributed by atoms with Gasteiger partial charge in [0.2, 0.25) is 0 Å². The standard InChI is InChI=1S/C12H19Cl2N3/c1-10(2-3-11-8-12(11,13)14)16-5-7-17-6-4-15-9-17/h4,6,9-11,16H,2-3,5,7-8H2,1H3. The molecule has 0 bridgehead atoms. The molecule has 0 radical (unpaired) electrons. The lowest BCUT2D eigenvalue weighted by molar-refractivity contribution is 0.466. The summed E-state index contributed by atoms with van der Waals surface area (Å²) in [6.07, 6.45) is 8.83. The molecule has 17 heavy (non-hydrogen) atoms. The number of hydrogen-bond donors (Lipinski definition) is 1. The molecule has 1 aromatic rings. The van der Waals surface area contributed by atoms with Gasteiger partial charge in [0.25, 0.3) is 0 Å². The van der Waals surface area contributed by atoms with Crippen molar-refractivity contribution in [3.63, 3.8) is 0 Å². The van der Waals surface area contributed by atoms with Crippen molar-refractivity contribution in [1.29, 1.82) is 0 Å². The quantitative estimate of drug-likeness (QED) is 0.776. The largest absolute Gasteiger partial charge is 0.336 e. The minimum absolute atomic E-state index is 0.420. The van der Waals surface area contributed by atoms with E-state index in [-0.39, 0.29) is 0 Å². The lowest BCUT2D eigenvalue weighted by atomic mass is 10.1. The number of hydrogen-bond acceptors (Lipinski definition) is 2. The van der Waals surface area contributed by atoms with Gasteiger partial charge >= 0.3 is 0 Å². The van der Waals surface area contributed by atoms with E-state index in [1.165, 1.54) is 0 Å². The maximum Gasteiger partial charge on any atom is 0.121 e. The summed E-state index contributed by atoms with van der Waals surface area (Å²) >= 11 is 12.0. The molecule has 2 atom stereocenters. The van der Waals surface area contributed by atoms with Crippen molar-refractivity contribution < 1.29 is 0 Å². The monoisotopic (exact) mass is 275 g/mol. The summed E-state index contributed by atoms with van der Waals surface area (Å²) in [6, 6.07) is 0.517. The van der Waals surface area contributed by atoms with E-state index >= 15 is 0 Å². The minimum Gasteiger partial charge on any atom is -0.336 e. The van der Waals surface area contributed by atoms with Crippen LogP contribution in [0.25, 0.3) is 0 Å². The van der Waals surface area contributed by atoms with Gasteiger partial charge in [-0.2, -0.15) is 0 Å². The molecule has 0 saturated heterocycles. The molecule has 0 aromatic carbocycles. The molecule has 1 N–H and O–H groups in total. The van der Waals surface area contributed by atoms with E-state index in [1.807, 2.05) is 12.5 Å². The van der Waals surface area contributed by atoms with E-state index in [2.05, 4.69) is 21.8 Å². The summed E-state index contributed by atoms with van der Waals surface area (Å²) in [7, 11) is 0. The van der Waals surface area contributed by atoms with E-state index in [0.29, 0.717) is 12.0 Å². The normalized spacial score (nSPS) is 23.6. The molecule has 1 aliphatic rings. The zero-order valence-corrected chi connectivity index (χ0v) is 11.6. The van der Waals surface area contributed by atoms with Crippen molar-refractivity contribution in [3.8, 4) is 0 Å². The summed E-state index contributed by atoms with van der Waals surface area (Å²) in [6.45, 7) is 4.14. The topological polar surface area (TPSA) is 29.9 Å². The van der Waals surface area contributed by atoms with Crippen LogP contribution in [0.1, 0.15) is 26.2 Å². The van der Waals surface area contributed by atoms with Crippen LogP contribution in [0.4, 0.5) is 0 Å². The second-order valence-electron chi connectivity index (χ2n) is 4.90. The summed E-state index contributed by atoms with van der Waals surface area (Å²) in [5.41, 5.74) is 0. The summed E-state index contributed by atoms with van der Waals surface area (Å²) in [5.74, 6) is 0.503. The Labute approximate surface area is 113 Å². The molecule has 1 fully saturated rings. The van der Waals surface area contributed by atoms with Crippen LogP contribution < -0.4 is 5.32 Å². The zero-order valence-electron chi connectivity index (χ0n) is 10.1. The van der Waals surface area contributed by atoms with Crippen molar-refractivity contribution >= 4 is 23.2 Å². The highest BCUT2D eigenvalue weighted by atomic mass is 35.5. The van der Waals surface area contributed by atoms with Gasteiger partial charge in [0.05, 0.1) is 6.33 Å². The molecule has 3 nitrogen and oxygen atoms in total. The third kappa shape index (κ3) is 4.16. The van der Waals surface area contributed by atoms with Gasteiger partial charge in [-0.05, 0) is 32.1 Å². The van der Waals surface area contributed by atoms with Crippen molar-refractivity contribution in [3.05, 3.63) is 18.7 Å². The Morgan fingerprint density at radius 2 is 2.35 bits per heavy atom. The molecule has 1 saturated carbocycles. The van der Waals surface area contributed by atoms with Crippen LogP contribution in [0.2, 0.25) is 0 Å². The first kappa shape index (κ1) is 13.2. The Balaban J connectivity index is 1.54. The first-order valence-electron chi connectivity index (χ1n) is 6.15. The van der Waals surface area contributed by atoms with Crippen LogP contribution in [0.15, 0.2) is 18.7 Å². The second kappa shape index (κ2) is 5.59. The van der Waals surface area contributed by atoms with Crippen molar-refractivity contribution in [1.82, 2.24) is 14.9 Å². The Morgan fingerprint density at radius 3 is 2.94 bits per heavy atom. The highest BCUT2D eigenvalue weighted by Gasteiger charge is 2.50. The molecule has 2 rings (SSSR count). The lowest BCUT2D eigenvalue weighted by Crippen LogP contribution is -2.29. The van der Waals surface area contributed by atoms with Crippen LogP contribution in [-0.4, -0.2) is 26.5 Å². The fourth-order valence-electron chi connectivity index (χ4n) is 2.00. The average molecular weight is 276 g/mol. The molecule has 0 spiro atoms. The smallest absolute Gasteiger partial charge is 0.121 e. The molecule has 5 heteroatoms. The molecule has 1 aliphatic carbocycles. The molecule has 1 heterocycles. The number of imidazole rings is 1. The SMILES string of the molecule is CC(CCC1CC1(Cl)Cl)NCCn1ccnc1. The number of aromatic nitrogens is 2. The van der Waals surface area contributed by atoms with Crippen molar-refractivity contribution in [2.24, 2.45) is 5.92 Å². The number of nitrogens with zero attached hydrogens (tertiary/aromatic N) is 2. The molecule has 1 aromatic heterocycles. The van der Waals surface area contributed by atoms with Gasteiger partial charge in [-0.15, -0.1) is 23.2 Å². The minimum atomic E-state index is -0.420. The van der Waals surface area contributed by atoms with Crippen molar-refractivity contribution in [2.45, 2.75) is 43.1 Å². The van der Waals surface area contributed by atoms with E-state index < -0.39 is 4.33 Å². The summed E-state index contributed by atoms with van der Waals surface area (Å²) < 4.78 is 1.65. The first-order chi connectivity index (χ1) is 8.08. The number of alkyl halides is 2. The van der Waals surface area contributed by atoms with Crippen LogP contribution in [0.3, 0.4) is 0 Å². The van der Waals surface area contributed by atoms with Crippen LogP contribution in [-0.2, 0) is 6.54 Å². The van der Waals surface area contributed by atoms with Crippen LogP contribution >= 0.6 is 23.2 Å². The van der Waals surface area contributed by atoms with E-state index in [4.69, 9.17) is 23.2 Å². The van der Waals surface area contributed by atoms with Gasteiger partial charge in [0.1, 0.15) is 4.33 Å². The molecular weight excluding hydrogens is 257 g/mol. The third-order valence-corrected chi connectivity index (χ3v) is 4.25. The number of nitrogens with one attached hydrogen (secondary N) is 1. The van der Waals surface area contributed by atoms with Gasteiger partial charge in [0.15, 0.2) is 0 Å². The van der Waals surface area contributed by atoms with Crippen molar-refractivity contribution in [2.75, 3.05) is 6.54 Å². The summed E-state index contributed by atoms with van der Waals surface area (Å²) in [5, 5.41) is 3.50. The highest BCUT2D eigenvalue weighted by Crippen LogP contribution is 2.55. The molecule has 96 valence electrons. The summed E-state index contributed by atoms with van der Waals surface area (Å²) in [4.78, 5) is 4.01. The van der Waals surface area contributed by atoms with Gasteiger partial charge in [-0.25, -0.2) is 4.98 Å². The molecular formula is C12H19Cl2N3. The maximum absolute atomic E-state index is 6.00. The maximum atomic E-state index is 6.00. The van der Waals surface area contributed by atoms with E-state index in [9.17, 15) is 0 Å². The fourth-order valence-corrected chi connectivity index (χ4v) is 2.59.